The molecule has 0 aliphatic carbocycles. The van der Waals surface area contributed by atoms with Crippen molar-refractivity contribution in [3.8, 4) is 0 Å². The Bertz CT molecular complexity index is 1220. The molecule has 7 nitrogen and oxygen atoms in total. The Morgan fingerprint density at radius 1 is 0.725 bits per heavy atom. The van der Waals surface area contributed by atoms with E-state index in [0.29, 0.717) is 5.57 Å². The minimum Gasteiger partial charge on any atom is -0.465 e. The minimum atomic E-state index is -3.11. The van der Waals surface area contributed by atoms with Gasteiger partial charge in [0.25, 0.3) is 0 Å². The Balaban J connectivity index is 2.11. The number of esters is 3. The van der Waals surface area contributed by atoms with Crippen molar-refractivity contribution in [2.75, 3.05) is 26.4 Å². The molecule has 1 saturated heterocycles. The van der Waals surface area contributed by atoms with Crippen molar-refractivity contribution in [2.45, 2.75) is 26.9 Å². The largest absolute Gasteiger partial charge is 0.465 e. The Morgan fingerprint density at radius 3 is 1.50 bits per heavy atom. The predicted octanol–water partition coefficient (Wildman–Crippen LogP) is 2.70. The molecule has 0 bridgehead atoms. The van der Waals surface area contributed by atoms with Gasteiger partial charge in [-0.3, -0.25) is 9.59 Å². The fourth-order valence-corrected chi connectivity index (χ4v) is 9.85. The van der Waals surface area contributed by atoms with Gasteiger partial charge >= 0.3 is 17.9 Å². The molecule has 0 saturated carbocycles. The first-order valence-electron chi connectivity index (χ1n) is 13.5. The van der Waals surface area contributed by atoms with E-state index in [1.54, 1.807) is 20.8 Å². The average Bonchev–Trinajstić information content (AvgIpc) is 3.37. The maximum absolute atomic E-state index is 13.9. The summed E-state index contributed by atoms with van der Waals surface area (Å²) in [6, 6.07) is 30.0. The van der Waals surface area contributed by atoms with Gasteiger partial charge in [-0.2, -0.15) is 0 Å². The standard InChI is InChI=1S/C32H34O7Si/c1-4-36-29(33)28-32(30(34)37-5-2,31(35)38-6-3)24(22-39-28)23-40(25-16-10-7-11-17-25,26-18-12-8-13-19-26)27-20-14-9-15-21-27/h7-21,23,28H,4-6,22H2,1-3H3/b24-23+. The van der Waals surface area contributed by atoms with Crippen molar-refractivity contribution in [1.82, 2.24) is 0 Å². The highest BCUT2D eigenvalue weighted by atomic mass is 28.3. The van der Waals surface area contributed by atoms with Crippen LogP contribution in [0.25, 0.3) is 0 Å². The van der Waals surface area contributed by atoms with Crippen molar-refractivity contribution in [3.63, 3.8) is 0 Å². The van der Waals surface area contributed by atoms with Gasteiger partial charge in [-0.25, -0.2) is 4.79 Å². The molecule has 1 aliphatic heterocycles. The van der Waals surface area contributed by atoms with Gasteiger partial charge in [0.05, 0.1) is 26.4 Å². The molecule has 1 heterocycles. The van der Waals surface area contributed by atoms with Crippen LogP contribution < -0.4 is 15.6 Å². The summed E-state index contributed by atoms with van der Waals surface area (Å²) in [7, 11) is -3.11. The maximum atomic E-state index is 13.9. The Kier molecular flexibility index (Phi) is 9.34. The van der Waals surface area contributed by atoms with E-state index in [-0.39, 0.29) is 26.4 Å². The van der Waals surface area contributed by atoms with Crippen LogP contribution in [-0.2, 0) is 33.3 Å². The van der Waals surface area contributed by atoms with E-state index in [1.807, 2.05) is 60.3 Å². The smallest absolute Gasteiger partial charge is 0.337 e. The maximum Gasteiger partial charge on any atom is 0.337 e. The summed E-state index contributed by atoms with van der Waals surface area (Å²) in [5.41, 5.74) is 0.167. The highest BCUT2D eigenvalue weighted by Gasteiger charge is 2.66. The fraction of sp³-hybridized carbons (Fsp3) is 0.281. The molecule has 0 radical (unpaired) electrons. The van der Waals surface area contributed by atoms with Crippen molar-refractivity contribution >= 4 is 41.5 Å². The summed E-state index contributed by atoms with van der Waals surface area (Å²) >= 11 is 0. The van der Waals surface area contributed by atoms with Crippen molar-refractivity contribution in [3.05, 3.63) is 102 Å². The normalized spacial score (nSPS) is 17.3. The highest BCUT2D eigenvalue weighted by molar-refractivity contribution is 7.15. The predicted molar refractivity (Wildman–Crippen MR) is 154 cm³/mol. The summed E-state index contributed by atoms with van der Waals surface area (Å²) in [6.07, 6.45) is -1.55. The van der Waals surface area contributed by atoms with Crippen molar-refractivity contribution in [1.29, 1.82) is 0 Å². The second kappa shape index (κ2) is 12.9. The van der Waals surface area contributed by atoms with E-state index >= 15 is 0 Å². The molecule has 0 spiro atoms. The third-order valence-electron chi connectivity index (χ3n) is 7.08. The lowest BCUT2D eigenvalue weighted by Crippen LogP contribution is -2.66. The van der Waals surface area contributed by atoms with Gasteiger partial charge in [-0.15, -0.1) is 0 Å². The van der Waals surface area contributed by atoms with E-state index in [0.717, 1.165) is 15.6 Å². The molecule has 208 valence electrons. The van der Waals surface area contributed by atoms with Crippen molar-refractivity contribution < 1.29 is 33.3 Å². The van der Waals surface area contributed by atoms with Gasteiger partial charge in [-0.05, 0) is 41.9 Å². The number of hydrogen-bond donors (Lipinski definition) is 0. The molecule has 1 atom stereocenters. The molecule has 3 aromatic rings. The summed E-state index contributed by atoms with van der Waals surface area (Å²) in [4.78, 5) is 41.0. The number of ether oxygens (including phenoxy) is 4. The number of carbonyl (C=O) groups excluding carboxylic acids is 3. The third-order valence-corrected chi connectivity index (χ3v) is 11.6. The summed E-state index contributed by atoms with van der Waals surface area (Å²) in [5.74, 6) is -2.61. The lowest BCUT2D eigenvalue weighted by atomic mass is 9.77. The molecule has 3 aromatic carbocycles. The van der Waals surface area contributed by atoms with Crippen LogP contribution in [0.2, 0.25) is 0 Å². The molecule has 0 aromatic heterocycles. The summed E-state index contributed by atoms with van der Waals surface area (Å²) in [5, 5.41) is 3.09. The van der Waals surface area contributed by atoms with Gasteiger partial charge in [0.2, 0.25) is 5.41 Å². The SMILES string of the molecule is CCOC(=O)C1OC/C(=C\[Si](c2ccccc2)(c2ccccc2)c2ccccc2)C1(C(=O)OCC)C(=O)OCC. The topological polar surface area (TPSA) is 88.1 Å². The second-order valence-electron chi connectivity index (χ2n) is 9.27. The van der Waals surface area contributed by atoms with Crippen LogP contribution in [0.5, 0.6) is 0 Å². The molecule has 1 aliphatic rings. The third kappa shape index (κ3) is 5.12. The van der Waals surface area contributed by atoms with Gasteiger partial charge in [0, 0.05) is 0 Å². The van der Waals surface area contributed by atoms with Gasteiger partial charge in [0.1, 0.15) is 0 Å². The van der Waals surface area contributed by atoms with Crippen LogP contribution >= 0.6 is 0 Å². The number of hydrogen-bond acceptors (Lipinski definition) is 7. The quantitative estimate of drug-likeness (QED) is 0.124. The van der Waals surface area contributed by atoms with Crippen molar-refractivity contribution in [2.24, 2.45) is 5.41 Å². The van der Waals surface area contributed by atoms with E-state index in [4.69, 9.17) is 18.9 Å². The molecular formula is C32H34O7Si. The minimum absolute atomic E-state index is 0.00143. The molecule has 8 heteroatoms. The second-order valence-corrected chi connectivity index (χ2v) is 12.9. The molecule has 4 rings (SSSR count). The van der Waals surface area contributed by atoms with Gasteiger partial charge in [0.15, 0.2) is 14.2 Å². The van der Waals surface area contributed by atoms with Crippen LogP contribution in [0, 0.1) is 5.41 Å². The first-order valence-corrected chi connectivity index (χ1v) is 15.6. The lowest BCUT2D eigenvalue weighted by molar-refractivity contribution is -0.182. The van der Waals surface area contributed by atoms with E-state index in [2.05, 4.69) is 36.4 Å². The van der Waals surface area contributed by atoms with Gasteiger partial charge in [-0.1, -0.05) is 96.7 Å². The summed E-state index contributed by atoms with van der Waals surface area (Å²) < 4.78 is 22.2. The number of carbonyl (C=O) groups is 3. The first kappa shape index (κ1) is 29.0. The fourth-order valence-electron chi connectivity index (χ4n) is 5.36. The zero-order valence-corrected chi connectivity index (χ0v) is 24.0. The lowest BCUT2D eigenvalue weighted by Gasteiger charge is -2.34. The van der Waals surface area contributed by atoms with E-state index in [1.165, 1.54) is 0 Å². The monoisotopic (exact) mass is 558 g/mol. The van der Waals surface area contributed by atoms with Gasteiger partial charge < -0.3 is 18.9 Å². The zero-order chi connectivity index (χ0) is 28.6. The van der Waals surface area contributed by atoms with Crippen LogP contribution in [-0.4, -0.2) is 58.5 Å². The molecule has 0 N–H and O–H groups in total. The highest BCUT2D eigenvalue weighted by Crippen LogP contribution is 2.44. The Morgan fingerprint density at radius 2 is 1.12 bits per heavy atom. The molecule has 1 unspecified atom stereocenters. The molecule has 1 fully saturated rings. The first-order chi connectivity index (χ1) is 19.5. The number of rotatable bonds is 10. The van der Waals surface area contributed by atoms with E-state index in [9.17, 15) is 14.4 Å². The average molecular weight is 559 g/mol. The Hall–Kier alpha value is -4.01. The molecule has 0 amide bonds. The number of benzene rings is 3. The summed E-state index contributed by atoms with van der Waals surface area (Å²) in [6.45, 7) is 4.85. The Labute approximate surface area is 235 Å². The van der Waals surface area contributed by atoms with Crippen LogP contribution in [0.1, 0.15) is 20.8 Å². The molecular weight excluding hydrogens is 524 g/mol. The van der Waals surface area contributed by atoms with Crippen LogP contribution in [0.15, 0.2) is 102 Å². The van der Waals surface area contributed by atoms with Crippen LogP contribution in [0.4, 0.5) is 0 Å². The zero-order valence-electron chi connectivity index (χ0n) is 23.0. The van der Waals surface area contributed by atoms with E-state index < -0.39 is 37.5 Å². The van der Waals surface area contributed by atoms with Crippen LogP contribution in [0.3, 0.4) is 0 Å². The molecule has 40 heavy (non-hydrogen) atoms.